The number of rotatable bonds is 3. The number of hydrogen-bond acceptors (Lipinski definition) is 5. The predicted octanol–water partition coefficient (Wildman–Crippen LogP) is 2.73. The first-order valence-corrected chi connectivity index (χ1v) is 6.59. The summed E-state index contributed by atoms with van der Waals surface area (Å²) in [5.74, 6) is -1.40. The molecule has 0 radical (unpaired) electrons. The van der Waals surface area contributed by atoms with Crippen LogP contribution in [0, 0.1) is 0 Å². The third kappa shape index (κ3) is 4.36. The van der Waals surface area contributed by atoms with Gasteiger partial charge in [0.1, 0.15) is 6.61 Å². The molecule has 1 aromatic carbocycles. The second-order valence-electron chi connectivity index (χ2n) is 5.57. The van der Waals surface area contributed by atoms with Gasteiger partial charge < -0.3 is 9.47 Å². The smallest absolute Gasteiger partial charge is 0.345 e. The van der Waals surface area contributed by atoms with Crippen molar-refractivity contribution < 1.29 is 19.1 Å². The lowest BCUT2D eigenvalue weighted by molar-refractivity contribution is -0.148. The second-order valence-corrected chi connectivity index (χ2v) is 5.57. The van der Waals surface area contributed by atoms with Crippen LogP contribution in [0.1, 0.15) is 31.1 Å². The van der Waals surface area contributed by atoms with Crippen molar-refractivity contribution in [1.29, 1.82) is 0 Å². The SMILES string of the molecule is CC(C)(C)OCC(=O)OC(=O)c1ccc2ncccc2c1. The summed E-state index contributed by atoms with van der Waals surface area (Å²) in [7, 11) is 0. The normalized spacial score (nSPS) is 11.4. The zero-order valence-corrected chi connectivity index (χ0v) is 12.3. The molecule has 0 unspecified atom stereocenters. The van der Waals surface area contributed by atoms with Gasteiger partial charge in [0.15, 0.2) is 0 Å². The summed E-state index contributed by atoms with van der Waals surface area (Å²) >= 11 is 0. The Morgan fingerprint density at radius 3 is 2.67 bits per heavy atom. The summed E-state index contributed by atoms with van der Waals surface area (Å²) in [4.78, 5) is 27.6. The Balaban J connectivity index is 2.03. The van der Waals surface area contributed by atoms with Gasteiger partial charge in [0, 0.05) is 11.6 Å². The quantitative estimate of drug-likeness (QED) is 0.641. The minimum absolute atomic E-state index is 0.260. The molecule has 0 saturated heterocycles. The van der Waals surface area contributed by atoms with E-state index in [0.29, 0.717) is 5.56 Å². The highest BCUT2D eigenvalue weighted by Gasteiger charge is 2.17. The van der Waals surface area contributed by atoms with Gasteiger partial charge in [-0.25, -0.2) is 9.59 Å². The van der Waals surface area contributed by atoms with E-state index in [1.165, 1.54) is 0 Å². The van der Waals surface area contributed by atoms with Crippen LogP contribution in [0.4, 0.5) is 0 Å². The van der Waals surface area contributed by atoms with Crippen LogP contribution in [0.25, 0.3) is 10.9 Å². The number of carbonyl (C=O) groups is 2. The van der Waals surface area contributed by atoms with Crippen LogP contribution in [0.3, 0.4) is 0 Å². The summed E-state index contributed by atoms with van der Waals surface area (Å²) < 4.78 is 10.0. The molecule has 2 aromatic rings. The minimum atomic E-state index is -0.707. The lowest BCUT2D eigenvalue weighted by atomic mass is 10.1. The van der Waals surface area contributed by atoms with E-state index in [9.17, 15) is 9.59 Å². The van der Waals surface area contributed by atoms with Gasteiger partial charge in [-0.2, -0.15) is 0 Å². The van der Waals surface area contributed by atoms with Crippen LogP contribution in [-0.2, 0) is 14.3 Å². The van der Waals surface area contributed by atoms with E-state index >= 15 is 0 Å². The van der Waals surface area contributed by atoms with E-state index in [1.807, 2.05) is 26.8 Å². The maximum absolute atomic E-state index is 11.9. The highest BCUT2D eigenvalue weighted by Crippen LogP contribution is 2.14. The summed E-state index contributed by atoms with van der Waals surface area (Å²) in [5.41, 5.74) is 0.618. The van der Waals surface area contributed by atoms with Gasteiger partial charge in [-0.1, -0.05) is 6.07 Å². The average Bonchev–Trinajstić information content (AvgIpc) is 2.44. The van der Waals surface area contributed by atoms with Crippen LogP contribution in [0.2, 0.25) is 0 Å². The number of nitrogens with zero attached hydrogens (tertiary/aromatic N) is 1. The van der Waals surface area contributed by atoms with Crippen molar-refractivity contribution in [2.45, 2.75) is 26.4 Å². The lowest BCUT2D eigenvalue weighted by Gasteiger charge is -2.18. The molecular weight excluding hydrogens is 270 g/mol. The van der Waals surface area contributed by atoms with Gasteiger partial charge in [-0.15, -0.1) is 0 Å². The minimum Gasteiger partial charge on any atom is -0.388 e. The van der Waals surface area contributed by atoms with E-state index < -0.39 is 17.5 Å². The summed E-state index contributed by atoms with van der Waals surface area (Å²) in [5, 5.41) is 0.811. The Morgan fingerprint density at radius 1 is 1.19 bits per heavy atom. The fourth-order valence-corrected chi connectivity index (χ4v) is 1.67. The van der Waals surface area contributed by atoms with Crippen molar-refractivity contribution in [3.8, 4) is 0 Å². The Morgan fingerprint density at radius 2 is 1.95 bits per heavy atom. The second kappa shape index (κ2) is 6.01. The molecule has 0 aliphatic heterocycles. The number of hydrogen-bond donors (Lipinski definition) is 0. The molecule has 1 aromatic heterocycles. The number of fused-ring (bicyclic) bond motifs is 1. The fourth-order valence-electron chi connectivity index (χ4n) is 1.67. The molecule has 0 bridgehead atoms. The molecule has 0 aliphatic rings. The number of ether oxygens (including phenoxy) is 2. The maximum atomic E-state index is 11.9. The van der Waals surface area contributed by atoms with Gasteiger partial charge in [-0.05, 0) is 45.0 Å². The van der Waals surface area contributed by atoms with E-state index in [-0.39, 0.29) is 6.61 Å². The summed E-state index contributed by atoms with van der Waals surface area (Å²) in [6.45, 7) is 5.19. The maximum Gasteiger partial charge on any atom is 0.345 e. The fraction of sp³-hybridized carbons (Fsp3) is 0.312. The van der Waals surface area contributed by atoms with E-state index in [2.05, 4.69) is 4.98 Å². The third-order valence-electron chi connectivity index (χ3n) is 2.67. The van der Waals surface area contributed by atoms with Crippen molar-refractivity contribution in [1.82, 2.24) is 4.98 Å². The molecule has 1 heterocycles. The predicted molar refractivity (Wildman–Crippen MR) is 77.9 cm³/mol. The number of pyridine rings is 1. The molecule has 5 heteroatoms. The van der Waals surface area contributed by atoms with Gasteiger partial charge in [-0.3, -0.25) is 4.98 Å². The highest BCUT2D eigenvalue weighted by atomic mass is 16.6. The molecule has 0 saturated carbocycles. The van der Waals surface area contributed by atoms with Crippen molar-refractivity contribution in [2.24, 2.45) is 0 Å². The molecule has 0 spiro atoms. The van der Waals surface area contributed by atoms with Crippen LogP contribution < -0.4 is 0 Å². The van der Waals surface area contributed by atoms with Gasteiger partial charge >= 0.3 is 11.9 Å². The standard InChI is InChI=1S/C16H17NO4/c1-16(2,3)20-10-14(18)21-15(19)12-6-7-13-11(9-12)5-4-8-17-13/h4-9H,10H2,1-3H3. The molecule has 2 rings (SSSR count). The first kappa shape index (κ1) is 15.1. The summed E-state index contributed by atoms with van der Waals surface area (Å²) in [6, 6.07) is 8.55. The van der Waals surface area contributed by atoms with Crippen molar-refractivity contribution >= 4 is 22.8 Å². The largest absolute Gasteiger partial charge is 0.388 e. The van der Waals surface area contributed by atoms with Crippen molar-refractivity contribution in [3.05, 3.63) is 42.1 Å². The van der Waals surface area contributed by atoms with E-state index in [0.717, 1.165) is 10.9 Å². The van der Waals surface area contributed by atoms with Crippen LogP contribution in [-0.4, -0.2) is 29.1 Å². The Kier molecular flexibility index (Phi) is 4.33. The van der Waals surface area contributed by atoms with Crippen molar-refractivity contribution in [2.75, 3.05) is 6.61 Å². The number of benzene rings is 1. The molecule has 0 aliphatic carbocycles. The first-order chi connectivity index (χ1) is 9.85. The molecule has 110 valence electrons. The Hall–Kier alpha value is -2.27. The van der Waals surface area contributed by atoms with Crippen molar-refractivity contribution in [3.63, 3.8) is 0 Å². The van der Waals surface area contributed by atoms with E-state index in [1.54, 1.807) is 30.5 Å². The molecular formula is C16H17NO4. The Bertz CT molecular complexity index is 673. The van der Waals surface area contributed by atoms with Crippen LogP contribution >= 0.6 is 0 Å². The van der Waals surface area contributed by atoms with Gasteiger partial charge in [0.05, 0.1) is 16.7 Å². The average molecular weight is 287 g/mol. The van der Waals surface area contributed by atoms with E-state index in [4.69, 9.17) is 9.47 Å². The molecule has 0 fully saturated rings. The number of aromatic nitrogens is 1. The number of esters is 2. The molecule has 5 nitrogen and oxygen atoms in total. The molecule has 21 heavy (non-hydrogen) atoms. The van der Waals surface area contributed by atoms with Crippen LogP contribution in [0.5, 0.6) is 0 Å². The number of carbonyl (C=O) groups excluding carboxylic acids is 2. The zero-order valence-electron chi connectivity index (χ0n) is 12.3. The monoisotopic (exact) mass is 287 g/mol. The zero-order chi connectivity index (χ0) is 15.5. The topological polar surface area (TPSA) is 65.5 Å². The van der Waals surface area contributed by atoms with Crippen LogP contribution in [0.15, 0.2) is 36.5 Å². The lowest BCUT2D eigenvalue weighted by Crippen LogP contribution is -2.26. The molecule has 0 atom stereocenters. The molecule has 0 amide bonds. The highest BCUT2D eigenvalue weighted by molar-refractivity contribution is 5.99. The molecule has 0 N–H and O–H groups in total. The van der Waals surface area contributed by atoms with Gasteiger partial charge in [0.25, 0.3) is 0 Å². The Labute approximate surface area is 122 Å². The van der Waals surface area contributed by atoms with Gasteiger partial charge in [0.2, 0.25) is 0 Å². The first-order valence-electron chi connectivity index (χ1n) is 6.59. The third-order valence-corrected chi connectivity index (χ3v) is 2.67. The summed E-state index contributed by atoms with van der Waals surface area (Å²) in [6.07, 6.45) is 1.67.